The molecule has 0 radical (unpaired) electrons. The number of hydrogen-bond acceptors (Lipinski definition) is 4. The number of nitrogens with one attached hydrogen (secondary N) is 1. The predicted molar refractivity (Wildman–Crippen MR) is 81.4 cm³/mol. The zero-order valence-electron chi connectivity index (χ0n) is 11.3. The van der Waals surface area contributed by atoms with Gasteiger partial charge in [-0.05, 0) is 48.9 Å². The Morgan fingerprint density at radius 3 is 2.48 bits per heavy atom. The summed E-state index contributed by atoms with van der Waals surface area (Å²) in [6, 6.07) is 10.4. The molecule has 0 fully saturated rings. The van der Waals surface area contributed by atoms with E-state index in [2.05, 4.69) is 4.72 Å². The molecule has 110 valence electrons. The minimum absolute atomic E-state index is 0.0960. The molecular formula is C14H15N3O3S. The van der Waals surface area contributed by atoms with Gasteiger partial charge in [0, 0.05) is 16.9 Å². The highest BCUT2D eigenvalue weighted by molar-refractivity contribution is 7.92. The number of nitrogen functional groups attached to an aromatic ring is 1. The summed E-state index contributed by atoms with van der Waals surface area (Å²) in [6.45, 7) is 1.72. The molecule has 0 unspecified atom stereocenters. The molecule has 7 heteroatoms. The van der Waals surface area contributed by atoms with Crippen molar-refractivity contribution in [2.75, 3.05) is 10.5 Å². The van der Waals surface area contributed by atoms with Crippen LogP contribution in [0.5, 0.6) is 0 Å². The second-order valence-electron chi connectivity index (χ2n) is 4.57. The number of aryl methyl sites for hydroxylation is 1. The van der Waals surface area contributed by atoms with Crippen LogP contribution in [0, 0.1) is 6.92 Å². The van der Waals surface area contributed by atoms with Crippen LogP contribution in [0.15, 0.2) is 47.4 Å². The smallest absolute Gasteiger partial charge is 0.261 e. The molecule has 0 saturated heterocycles. The summed E-state index contributed by atoms with van der Waals surface area (Å²) in [4.78, 5) is 11.2. The van der Waals surface area contributed by atoms with E-state index in [0.717, 1.165) is 0 Å². The minimum Gasteiger partial charge on any atom is -0.399 e. The molecule has 21 heavy (non-hydrogen) atoms. The number of amides is 1. The van der Waals surface area contributed by atoms with Gasteiger partial charge in [0.15, 0.2) is 0 Å². The summed E-state index contributed by atoms with van der Waals surface area (Å²) in [7, 11) is -3.75. The molecule has 0 bridgehead atoms. The van der Waals surface area contributed by atoms with Gasteiger partial charge < -0.3 is 11.5 Å². The average molecular weight is 305 g/mol. The lowest BCUT2D eigenvalue weighted by atomic mass is 10.2. The number of primary amides is 1. The first-order valence-electron chi connectivity index (χ1n) is 6.08. The number of carbonyl (C=O) groups excluding carboxylic acids is 1. The van der Waals surface area contributed by atoms with Gasteiger partial charge in [0.1, 0.15) is 0 Å². The monoisotopic (exact) mass is 305 g/mol. The number of sulfonamides is 1. The number of anilines is 2. The molecule has 6 nitrogen and oxygen atoms in total. The molecular weight excluding hydrogens is 290 g/mol. The lowest BCUT2D eigenvalue weighted by Gasteiger charge is -2.10. The number of nitrogens with two attached hydrogens (primary N) is 2. The molecule has 2 rings (SSSR count). The van der Waals surface area contributed by atoms with Gasteiger partial charge in [0.25, 0.3) is 10.0 Å². The Bertz CT molecular complexity index is 801. The molecule has 0 heterocycles. The van der Waals surface area contributed by atoms with E-state index in [1.807, 2.05) is 0 Å². The van der Waals surface area contributed by atoms with E-state index in [1.165, 1.54) is 36.4 Å². The van der Waals surface area contributed by atoms with Crippen molar-refractivity contribution in [3.8, 4) is 0 Å². The summed E-state index contributed by atoms with van der Waals surface area (Å²) in [5, 5.41) is 0. The quantitative estimate of drug-likeness (QED) is 0.742. The Morgan fingerprint density at radius 2 is 1.86 bits per heavy atom. The van der Waals surface area contributed by atoms with E-state index in [4.69, 9.17) is 11.5 Å². The molecule has 5 N–H and O–H groups in total. The molecule has 0 spiro atoms. The molecule has 0 aliphatic carbocycles. The van der Waals surface area contributed by atoms with Gasteiger partial charge in [-0.25, -0.2) is 8.42 Å². The number of carbonyl (C=O) groups is 1. The maximum atomic E-state index is 12.3. The van der Waals surface area contributed by atoms with Crippen molar-refractivity contribution in [3.05, 3.63) is 53.6 Å². The van der Waals surface area contributed by atoms with E-state index in [1.54, 1.807) is 13.0 Å². The van der Waals surface area contributed by atoms with Crippen molar-refractivity contribution in [3.63, 3.8) is 0 Å². The van der Waals surface area contributed by atoms with Crippen LogP contribution in [0.2, 0.25) is 0 Å². The highest BCUT2D eigenvalue weighted by Crippen LogP contribution is 2.20. The highest BCUT2D eigenvalue weighted by Gasteiger charge is 2.15. The third-order valence-corrected chi connectivity index (χ3v) is 4.33. The van der Waals surface area contributed by atoms with Crippen molar-refractivity contribution in [2.24, 2.45) is 5.73 Å². The molecule has 2 aromatic rings. The largest absolute Gasteiger partial charge is 0.399 e. The van der Waals surface area contributed by atoms with Crippen LogP contribution in [-0.2, 0) is 10.0 Å². The van der Waals surface area contributed by atoms with Gasteiger partial charge in [0.2, 0.25) is 5.91 Å². The number of hydrogen-bond donors (Lipinski definition) is 3. The third-order valence-electron chi connectivity index (χ3n) is 2.95. The first-order chi connectivity index (χ1) is 9.79. The fourth-order valence-corrected chi connectivity index (χ4v) is 2.90. The topological polar surface area (TPSA) is 115 Å². The van der Waals surface area contributed by atoms with Crippen molar-refractivity contribution in [2.45, 2.75) is 11.8 Å². The molecule has 0 atom stereocenters. The van der Waals surface area contributed by atoms with Gasteiger partial charge in [-0.15, -0.1) is 0 Å². The zero-order valence-corrected chi connectivity index (χ0v) is 12.1. The fraction of sp³-hybridized carbons (Fsp3) is 0.0714. The summed E-state index contributed by atoms with van der Waals surface area (Å²) in [5.74, 6) is -0.626. The molecule has 0 saturated carbocycles. The first kappa shape index (κ1) is 14.9. The second-order valence-corrected chi connectivity index (χ2v) is 6.25. The third kappa shape index (κ3) is 3.32. The van der Waals surface area contributed by atoms with Crippen LogP contribution < -0.4 is 16.2 Å². The molecule has 2 aromatic carbocycles. The normalized spacial score (nSPS) is 11.1. The van der Waals surface area contributed by atoms with E-state index >= 15 is 0 Å². The van der Waals surface area contributed by atoms with Gasteiger partial charge in [-0.3, -0.25) is 9.52 Å². The van der Waals surface area contributed by atoms with Crippen LogP contribution in [-0.4, -0.2) is 14.3 Å². The highest BCUT2D eigenvalue weighted by atomic mass is 32.2. The van der Waals surface area contributed by atoms with Crippen molar-refractivity contribution >= 4 is 27.3 Å². The van der Waals surface area contributed by atoms with E-state index in [0.29, 0.717) is 11.3 Å². The Balaban J connectivity index is 2.35. The lowest BCUT2D eigenvalue weighted by Crippen LogP contribution is -2.15. The lowest BCUT2D eigenvalue weighted by molar-refractivity contribution is 0.100. The maximum absolute atomic E-state index is 12.3. The summed E-state index contributed by atoms with van der Waals surface area (Å²) < 4.78 is 27.0. The zero-order chi connectivity index (χ0) is 15.6. The predicted octanol–water partition coefficient (Wildman–Crippen LogP) is 1.48. The van der Waals surface area contributed by atoms with Crippen LogP contribution in [0.4, 0.5) is 11.4 Å². The van der Waals surface area contributed by atoms with Crippen LogP contribution >= 0.6 is 0 Å². The second kappa shape index (κ2) is 5.45. The average Bonchev–Trinajstić information content (AvgIpc) is 2.41. The standard InChI is InChI=1S/C14H15N3O3S/c1-9-7-12(5-6-13(9)15)21(19,20)17-11-4-2-3-10(8-11)14(16)18/h2-8,17H,15H2,1H3,(H2,16,18). The van der Waals surface area contributed by atoms with Gasteiger partial charge >= 0.3 is 0 Å². The Hall–Kier alpha value is -2.54. The van der Waals surface area contributed by atoms with Crippen LogP contribution in [0.1, 0.15) is 15.9 Å². The van der Waals surface area contributed by atoms with E-state index in [-0.39, 0.29) is 16.1 Å². The Kier molecular flexibility index (Phi) is 3.86. The number of benzene rings is 2. The number of rotatable bonds is 4. The Labute approximate surface area is 122 Å². The van der Waals surface area contributed by atoms with Crippen molar-refractivity contribution in [1.82, 2.24) is 0 Å². The van der Waals surface area contributed by atoms with Crippen molar-refractivity contribution < 1.29 is 13.2 Å². The molecule has 1 amide bonds. The van der Waals surface area contributed by atoms with E-state index in [9.17, 15) is 13.2 Å². The summed E-state index contributed by atoms with van der Waals surface area (Å²) in [6.07, 6.45) is 0. The molecule has 0 aromatic heterocycles. The molecule has 0 aliphatic rings. The van der Waals surface area contributed by atoms with Crippen LogP contribution in [0.3, 0.4) is 0 Å². The summed E-state index contributed by atoms with van der Waals surface area (Å²) in [5.41, 5.74) is 12.5. The van der Waals surface area contributed by atoms with E-state index < -0.39 is 15.9 Å². The van der Waals surface area contributed by atoms with Gasteiger partial charge in [-0.2, -0.15) is 0 Å². The first-order valence-corrected chi connectivity index (χ1v) is 7.57. The SMILES string of the molecule is Cc1cc(S(=O)(=O)Nc2cccc(C(N)=O)c2)ccc1N. The van der Waals surface area contributed by atoms with Crippen LogP contribution in [0.25, 0.3) is 0 Å². The van der Waals surface area contributed by atoms with Crippen molar-refractivity contribution in [1.29, 1.82) is 0 Å². The minimum atomic E-state index is -3.75. The Morgan fingerprint density at radius 1 is 1.14 bits per heavy atom. The van der Waals surface area contributed by atoms with Gasteiger partial charge in [-0.1, -0.05) is 6.07 Å². The molecule has 0 aliphatic heterocycles. The fourth-order valence-electron chi connectivity index (χ4n) is 1.77. The summed E-state index contributed by atoms with van der Waals surface area (Å²) >= 11 is 0. The maximum Gasteiger partial charge on any atom is 0.261 e. The van der Waals surface area contributed by atoms with Gasteiger partial charge in [0.05, 0.1) is 4.90 Å².